The molecule has 1 aliphatic heterocycles. The topological polar surface area (TPSA) is 41.1 Å². The van der Waals surface area contributed by atoms with Crippen molar-refractivity contribution in [2.45, 2.75) is 50.6 Å². The van der Waals surface area contributed by atoms with Crippen LogP contribution in [0.4, 0.5) is 13.2 Å². The molecular formula is C20H28ClF3N2O. The molecule has 7 heteroatoms. The van der Waals surface area contributed by atoms with Crippen LogP contribution >= 0.6 is 12.4 Å². The van der Waals surface area contributed by atoms with E-state index in [2.05, 4.69) is 10.6 Å². The van der Waals surface area contributed by atoms with Gasteiger partial charge in [-0.1, -0.05) is 44.4 Å². The summed E-state index contributed by atoms with van der Waals surface area (Å²) in [6.45, 7) is 4.05. The molecular weight excluding hydrogens is 377 g/mol. The Hall–Kier alpha value is -1.27. The lowest BCUT2D eigenvalue weighted by Crippen LogP contribution is -2.51. The zero-order chi connectivity index (χ0) is 18.8. The van der Waals surface area contributed by atoms with Crippen LogP contribution < -0.4 is 10.6 Å². The number of benzene rings is 1. The van der Waals surface area contributed by atoms with Crippen LogP contribution in [-0.4, -0.2) is 25.5 Å². The van der Waals surface area contributed by atoms with Crippen molar-refractivity contribution in [3.05, 3.63) is 35.4 Å². The summed E-state index contributed by atoms with van der Waals surface area (Å²) < 4.78 is 39.4. The van der Waals surface area contributed by atoms with Crippen LogP contribution in [0.25, 0.3) is 0 Å². The van der Waals surface area contributed by atoms with Crippen LogP contribution in [0.5, 0.6) is 0 Å². The van der Waals surface area contributed by atoms with Gasteiger partial charge in [0.1, 0.15) is 0 Å². The molecule has 1 amide bonds. The van der Waals surface area contributed by atoms with E-state index >= 15 is 0 Å². The number of alkyl halides is 3. The summed E-state index contributed by atoms with van der Waals surface area (Å²) in [4.78, 5) is 12.5. The summed E-state index contributed by atoms with van der Waals surface area (Å²) >= 11 is 0. The first-order valence-electron chi connectivity index (χ1n) is 9.48. The van der Waals surface area contributed by atoms with E-state index in [-0.39, 0.29) is 24.2 Å². The highest BCUT2D eigenvalue weighted by atomic mass is 35.5. The fourth-order valence-electron chi connectivity index (χ4n) is 4.12. The lowest BCUT2D eigenvalue weighted by molar-refractivity contribution is -0.137. The number of nitrogens with one attached hydrogen (secondary N) is 2. The Balaban J connectivity index is 0.00000261. The minimum Gasteiger partial charge on any atom is -0.355 e. The summed E-state index contributed by atoms with van der Waals surface area (Å²) in [5, 5.41) is 6.22. The molecule has 152 valence electrons. The van der Waals surface area contributed by atoms with Crippen LogP contribution in [0.3, 0.4) is 0 Å². The lowest BCUT2D eigenvalue weighted by atomic mass is 9.69. The maximum Gasteiger partial charge on any atom is 0.416 e. The number of carbonyl (C=O) groups is 1. The first kappa shape index (κ1) is 22.0. The summed E-state index contributed by atoms with van der Waals surface area (Å²) in [5.74, 6) is 0.290. The van der Waals surface area contributed by atoms with E-state index in [1.54, 1.807) is 6.07 Å². The van der Waals surface area contributed by atoms with Crippen molar-refractivity contribution < 1.29 is 18.0 Å². The second-order valence-corrected chi connectivity index (χ2v) is 7.84. The average Bonchev–Trinajstić information content (AvgIpc) is 2.58. The molecule has 2 N–H and O–H groups in total. The van der Waals surface area contributed by atoms with Gasteiger partial charge in [0.25, 0.3) is 0 Å². The minimum absolute atomic E-state index is 0. The quantitative estimate of drug-likeness (QED) is 0.768. The summed E-state index contributed by atoms with van der Waals surface area (Å²) in [6, 6.07) is 5.66. The van der Waals surface area contributed by atoms with Gasteiger partial charge in [0, 0.05) is 17.9 Å². The van der Waals surface area contributed by atoms with Gasteiger partial charge in [-0.05, 0) is 43.5 Å². The van der Waals surface area contributed by atoms with Crippen molar-refractivity contribution in [3.63, 3.8) is 0 Å². The lowest BCUT2D eigenvalue weighted by Gasteiger charge is -2.39. The number of hydrogen-bond donors (Lipinski definition) is 2. The highest BCUT2D eigenvalue weighted by molar-refractivity contribution is 5.85. The van der Waals surface area contributed by atoms with E-state index in [4.69, 9.17) is 0 Å². The molecule has 0 aromatic heterocycles. The van der Waals surface area contributed by atoms with Gasteiger partial charge >= 0.3 is 6.18 Å². The van der Waals surface area contributed by atoms with Gasteiger partial charge in [-0.25, -0.2) is 0 Å². The fourth-order valence-corrected chi connectivity index (χ4v) is 4.12. The Labute approximate surface area is 164 Å². The SMILES string of the molecule is CC(C(=O)NCC1(c2cccc(C(F)(F)F)c2)CCCCC1)C1CNC1.Cl. The van der Waals surface area contributed by atoms with Gasteiger partial charge in [-0.3, -0.25) is 4.79 Å². The van der Waals surface area contributed by atoms with E-state index in [1.165, 1.54) is 12.1 Å². The standard InChI is InChI=1S/C20H27F3N2O.ClH/c1-14(15-11-24-12-15)18(26)25-13-19(8-3-2-4-9-19)16-6-5-7-17(10-16)20(21,22)23;/h5-7,10,14-15,24H,2-4,8-9,11-13H2,1H3,(H,25,26);1H. The van der Waals surface area contributed by atoms with Gasteiger partial charge in [-0.2, -0.15) is 13.2 Å². The van der Waals surface area contributed by atoms with Gasteiger partial charge in [0.2, 0.25) is 5.91 Å². The van der Waals surface area contributed by atoms with Crippen LogP contribution in [0.2, 0.25) is 0 Å². The highest BCUT2D eigenvalue weighted by Gasteiger charge is 2.38. The van der Waals surface area contributed by atoms with Crippen molar-refractivity contribution in [1.29, 1.82) is 0 Å². The number of rotatable bonds is 5. The number of amides is 1. The van der Waals surface area contributed by atoms with E-state index in [0.717, 1.165) is 51.3 Å². The van der Waals surface area contributed by atoms with Crippen molar-refractivity contribution in [1.82, 2.24) is 10.6 Å². The summed E-state index contributed by atoms with van der Waals surface area (Å²) in [5.41, 5.74) is -0.308. The van der Waals surface area contributed by atoms with E-state index in [1.807, 2.05) is 6.92 Å². The molecule has 0 radical (unpaired) electrons. The molecule has 1 heterocycles. The Kier molecular flexibility index (Phi) is 7.20. The molecule has 1 aliphatic carbocycles. The van der Waals surface area contributed by atoms with Crippen molar-refractivity contribution in [2.24, 2.45) is 11.8 Å². The van der Waals surface area contributed by atoms with E-state index in [0.29, 0.717) is 18.0 Å². The molecule has 2 fully saturated rings. The zero-order valence-electron chi connectivity index (χ0n) is 15.6. The van der Waals surface area contributed by atoms with E-state index < -0.39 is 17.2 Å². The van der Waals surface area contributed by atoms with Gasteiger partial charge in [0.15, 0.2) is 0 Å². The summed E-state index contributed by atoms with van der Waals surface area (Å²) in [7, 11) is 0. The van der Waals surface area contributed by atoms with Crippen LogP contribution in [0.1, 0.15) is 50.2 Å². The summed E-state index contributed by atoms with van der Waals surface area (Å²) in [6.07, 6.45) is 0.337. The smallest absolute Gasteiger partial charge is 0.355 e. The maximum atomic E-state index is 13.1. The molecule has 1 saturated heterocycles. The number of carbonyl (C=O) groups excluding carboxylic acids is 1. The molecule has 1 aromatic carbocycles. The molecule has 2 aliphatic rings. The first-order chi connectivity index (χ1) is 12.3. The Bertz CT molecular complexity index is 640. The molecule has 0 bridgehead atoms. The Morgan fingerprint density at radius 1 is 1.26 bits per heavy atom. The number of hydrogen-bond acceptors (Lipinski definition) is 2. The normalized spacial score (nSPS) is 20.9. The predicted molar refractivity (Wildman–Crippen MR) is 102 cm³/mol. The largest absolute Gasteiger partial charge is 0.416 e. The van der Waals surface area contributed by atoms with Crippen molar-refractivity contribution in [3.8, 4) is 0 Å². The van der Waals surface area contributed by atoms with Crippen molar-refractivity contribution >= 4 is 18.3 Å². The average molecular weight is 405 g/mol. The third-order valence-electron chi connectivity index (χ3n) is 6.15. The molecule has 27 heavy (non-hydrogen) atoms. The second kappa shape index (κ2) is 8.82. The predicted octanol–water partition coefficient (Wildman–Crippen LogP) is 4.30. The molecule has 1 saturated carbocycles. The van der Waals surface area contributed by atoms with E-state index in [9.17, 15) is 18.0 Å². The number of halogens is 4. The van der Waals surface area contributed by atoms with Crippen molar-refractivity contribution in [2.75, 3.05) is 19.6 Å². The Morgan fingerprint density at radius 2 is 1.93 bits per heavy atom. The fraction of sp³-hybridized carbons (Fsp3) is 0.650. The third kappa shape index (κ3) is 4.96. The Morgan fingerprint density at radius 3 is 2.48 bits per heavy atom. The monoisotopic (exact) mass is 404 g/mol. The first-order valence-corrected chi connectivity index (χ1v) is 9.48. The molecule has 1 unspecified atom stereocenters. The second-order valence-electron chi connectivity index (χ2n) is 7.84. The molecule has 1 aromatic rings. The third-order valence-corrected chi connectivity index (χ3v) is 6.15. The van der Waals surface area contributed by atoms with Gasteiger partial charge < -0.3 is 10.6 Å². The maximum absolute atomic E-state index is 13.1. The van der Waals surface area contributed by atoms with Crippen LogP contribution in [0.15, 0.2) is 24.3 Å². The highest BCUT2D eigenvalue weighted by Crippen LogP contribution is 2.41. The van der Waals surface area contributed by atoms with Crippen LogP contribution in [-0.2, 0) is 16.4 Å². The molecule has 1 atom stereocenters. The molecule has 3 rings (SSSR count). The van der Waals surface area contributed by atoms with Gasteiger partial charge in [-0.15, -0.1) is 12.4 Å². The zero-order valence-corrected chi connectivity index (χ0v) is 16.4. The molecule has 3 nitrogen and oxygen atoms in total. The molecule has 0 spiro atoms. The van der Waals surface area contributed by atoms with Crippen LogP contribution in [0, 0.1) is 11.8 Å². The minimum atomic E-state index is -4.35. The van der Waals surface area contributed by atoms with Gasteiger partial charge in [0.05, 0.1) is 5.56 Å².